The smallest absolute Gasteiger partial charge is 0.336 e. The van der Waals surface area contributed by atoms with Gasteiger partial charge in [0.25, 0.3) is 5.91 Å². The molecule has 3 N–H and O–H groups in total. The van der Waals surface area contributed by atoms with Crippen molar-refractivity contribution in [2.45, 2.75) is 63.6 Å². The Kier molecular flexibility index (Phi) is 13.0. The number of fused-ring (bicyclic) bond motifs is 2. The first kappa shape index (κ1) is 32.1. The third kappa shape index (κ3) is 10.2. The molecule has 0 saturated heterocycles. The van der Waals surface area contributed by atoms with Gasteiger partial charge in [0.2, 0.25) is 0 Å². The predicted molar refractivity (Wildman–Crippen MR) is 170 cm³/mol. The van der Waals surface area contributed by atoms with Crippen LogP contribution in [0.1, 0.15) is 49.7 Å². The van der Waals surface area contributed by atoms with Crippen molar-refractivity contribution in [3.05, 3.63) is 96.1 Å². The molecule has 0 spiro atoms. The molecular weight excluding hydrogens is 542 g/mol. The number of carboxylic acid groups (broad SMARTS) is 1. The lowest BCUT2D eigenvalue weighted by atomic mass is 10.0. The second-order valence-corrected chi connectivity index (χ2v) is 10.9. The molecule has 0 aliphatic carbocycles. The first-order valence-corrected chi connectivity index (χ1v) is 15.3. The third-order valence-corrected chi connectivity index (χ3v) is 7.64. The van der Waals surface area contributed by atoms with Crippen molar-refractivity contribution in [2.75, 3.05) is 26.4 Å². The summed E-state index contributed by atoms with van der Waals surface area (Å²) >= 11 is 0. The first-order chi connectivity index (χ1) is 21.0. The van der Waals surface area contributed by atoms with E-state index < -0.39 is 24.1 Å². The number of amides is 1. The summed E-state index contributed by atoms with van der Waals surface area (Å²) in [4.78, 5) is 24.9. The second kappa shape index (κ2) is 17.4. The lowest BCUT2D eigenvalue weighted by Crippen LogP contribution is -2.49. The molecule has 0 bridgehead atoms. The van der Waals surface area contributed by atoms with Gasteiger partial charge in [0.05, 0.1) is 13.2 Å². The van der Waals surface area contributed by atoms with Crippen molar-refractivity contribution >= 4 is 33.4 Å². The zero-order chi connectivity index (χ0) is 30.3. The summed E-state index contributed by atoms with van der Waals surface area (Å²) in [7, 11) is 0. The van der Waals surface area contributed by atoms with Gasteiger partial charge >= 0.3 is 5.97 Å². The van der Waals surface area contributed by atoms with Crippen LogP contribution in [0.25, 0.3) is 21.5 Å². The minimum atomic E-state index is -1.49. The summed E-state index contributed by atoms with van der Waals surface area (Å²) < 4.78 is 11.1. The normalized spacial score (nSPS) is 12.8. The lowest BCUT2D eigenvalue weighted by molar-refractivity contribution is -0.169. The number of nitrogens with one attached hydrogen (secondary N) is 1. The number of hydrogen-bond acceptors (Lipinski definition) is 5. The monoisotopic (exact) mass is 585 g/mol. The lowest BCUT2D eigenvalue weighted by Gasteiger charge is -2.23. The van der Waals surface area contributed by atoms with Gasteiger partial charge in [0.1, 0.15) is 0 Å². The van der Waals surface area contributed by atoms with Crippen molar-refractivity contribution in [1.29, 1.82) is 0 Å². The fourth-order valence-corrected chi connectivity index (χ4v) is 5.32. The Labute approximate surface area is 253 Å². The van der Waals surface area contributed by atoms with E-state index in [-0.39, 0.29) is 19.8 Å². The highest BCUT2D eigenvalue weighted by molar-refractivity contribution is 5.88. The van der Waals surface area contributed by atoms with E-state index in [0.29, 0.717) is 13.0 Å². The maximum atomic E-state index is 13.0. The molecule has 2 atom stereocenters. The molecule has 0 aliphatic rings. The molecule has 0 saturated carbocycles. The topological polar surface area (TPSA) is 105 Å². The number of carbonyl (C=O) groups is 2. The van der Waals surface area contributed by atoms with Gasteiger partial charge in [0.15, 0.2) is 12.2 Å². The van der Waals surface area contributed by atoms with Gasteiger partial charge in [-0.1, -0.05) is 97.8 Å². The minimum Gasteiger partial charge on any atom is -0.479 e. The molecule has 0 aliphatic heterocycles. The Hall–Kier alpha value is -3.78. The molecule has 0 fully saturated rings. The highest BCUT2D eigenvalue weighted by Crippen LogP contribution is 2.19. The maximum absolute atomic E-state index is 13.0. The number of benzene rings is 4. The Morgan fingerprint density at radius 3 is 1.72 bits per heavy atom. The number of carbonyl (C=O) groups excluding carboxylic acids is 1. The predicted octanol–water partition coefficient (Wildman–Crippen LogP) is 6.08. The molecule has 0 heterocycles. The van der Waals surface area contributed by atoms with Gasteiger partial charge in [0, 0.05) is 13.2 Å². The van der Waals surface area contributed by atoms with Gasteiger partial charge in [-0.2, -0.15) is 0 Å². The Morgan fingerprint density at radius 2 is 1.16 bits per heavy atom. The molecule has 0 radical (unpaired) electrons. The Morgan fingerprint density at radius 1 is 0.628 bits per heavy atom. The van der Waals surface area contributed by atoms with Crippen LogP contribution in [0.5, 0.6) is 0 Å². The molecule has 228 valence electrons. The van der Waals surface area contributed by atoms with Gasteiger partial charge in [-0.05, 0) is 71.2 Å². The van der Waals surface area contributed by atoms with Crippen LogP contribution in [0.15, 0.2) is 84.9 Å². The van der Waals surface area contributed by atoms with Crippen LogP contribution in [0.2, 0.25) is 0 Å². The van der Waals surface area contributed by atoms with Gasteiger partial charge < -0.3 is 25.0 Å². The summed E-state index contributed by atoms with van der Waals surface area (Å²) in [5.74, 6) is -1.80. The van der Waals surface area contributed by atoms with E-state index in [1.54, 1.807) is 0 Å². The molecular formula is C36H43NO6. The van der Waals surface area contributed by atoms with Crippen molar-refractivity contribution < 1.29 is 29.3 Å². The molecule has 4 aromatic carbocycles. The van der Waals surface area contributed by atoms with Crippen molar-refractivity contribution in [2.24, 2.45) is 0 Å². The number of unbranched alkanes of at least 4 members (excludes halogenated alkanes) is 4. The first-order valence-electron chi connectivity index (χ1n) is 15.3. The Balaban J connectivity index is 1.18. The van der Waals surface area contributed by atoms with Gasteiger partial charge in [-0.25, -0.2) is 4.79 Å². The highest BCUT2D eigenvalue weighted by Gasteiger charge is 2.35. The summed E-state index contributed by atoms with van der Waals surface area (Å²) in [6.07, 6.45) is 4.35. The van der Waals surface area contributed by atoms with Crippen LogP contribution < -0.4 is 5.32 Å². The van der Waals surface area contributed by atoms with Crippen LogP contribution in [-0.4, -0.2) is 60.7 Å². The minimum absolute atomic E-state index is 0.190. The number of aryl methyl sites for hydroxylation is 2. The number of aliphatic carboxylic acids is 1. The molecule has 2 unspecified atom stereocenters. The van der Waals surface area contributed by atoms with E-state index in [1.165, 1.54) is 32.7 Å². The largest absolute Gasteiger partial charge is 0.479 e. The van der Waals surface area contributed by atoms with Crippen LogP contribution in [0.3, 0.4) is 0 Å². The SMILES string of the molecule is O=C(O)C(OCCO)C(OCCCCCc1ccc2ccccc2c1)C(=O)NCCCCCc1ccc2ccccc2c1. The van der Waals surface area contributed by atoms with E-state index in [0.717, 1.165) is 44.9 Å². The van der Waals surface area contributed by atoms with E-state index in [9.17, 15) is 14.7 Å². The summed E-state index contributed by atoms with van der Waals surface area (Å²) in [5, 5.41) is 26.6. The summed E-state index contributed by atoms with van der Waals surface area (Å²) in [6.45, 7) is 0.136. The number of ether oxygens (including phenoxy) is 2. The van der Waals surface area contributed by atoms with Crippen molar-refractivity contribution in [1.82, 2.24) is 5.32 Å². The van der Waals surface area contributed by atoms with E-state index in [1.807, 2.05) is 24.3 Å². The number of aliphatic hydroxyl groups is 1. The highest BCUT2D eigenvalue weighted by atomic mass is 16.6. The van der Waals surface area contributed by atoms with Gasteiger partial charge in [-0.3, -0.25) is 4.79 Å². The van der Waals surface area contributed by atoms with Gasteiger partial charge in [-0.15, -0.1) is 0 Å². The standard InChI is InChI=1S/C36H43NO6/c38-22-24-43-34(36(40)41)33(42-23-10-2-4-12-28-18-20-30-14-6-8-16-32(30)26-28)35(39)37-21-9-1-3-11-27-17-19-29-13-5-7-15-31(29)25-27/h5-8,13-20,25-26,33-34,38H,1-4,9-12,21-24H2,(H,37,39)(H,40,41). The molecule has 0 aromatic heterocycles. The maximum Gasteiger partial charge on any atom is 0.336 e. The molecule has 7 nitrogen and oxygen atoms in total. The van der Waals surface area contributed by atoms with Crippen molar-refractivity contribution in [3.8, 4) is 0 Å². The molecule has 7 heteroatoms. The zero-order valence-corrected chi connectivity index (χ0v) is 24.8. The number of hydrogen-bond donors (Lipinski definition) is 3. The number of aliphatic hydroxyl groups excluding tert-OH is 1. The van der Waals surface area contributed by atoms with Crippen LogP contribution in [0, 0.1) is 0 Å². The fourth-order valence-electron chi connectivity index (χ4n) is 5.32. The average Bonchev–Trinajstić information content (AvgIpc) is 3.03. The number of rotatable bonds is 19. The number of carboxylic acids is 1. The van der Waals surface area contributed by atoms with E-state index in [2.05, 4.69) is 66.0 Å². The van der Waals surface area contributed by atoms with Crippen LogP contribution in [-0.2, 0) is 31.9 Å². The Bertz CT molecular complexity index is 1450. The third-order valence-electron chi connectivity index (χ3n) is 7.64. The molecule has 4 aromatic rings. The summed E-state index contributed by atoms with van der Waals surface area (Å²) in [5.41, 5.74) is 2.57. The van der Waals surface area contributed by atoms with E-state index >= 15 is 0 Å². The average molecular weight is 586 g/mol. The second-order valence-electron chi connectivity index (χ2n) is 10.9. The molecule has 43 heavy (non-hydrogen) atoms. The fraction of sp³-hybridized carbons (Fsp3) is 0.389. The molecule has 1 amide bonds. The summed E-state index contributed by atoms with van der Waals surface area (Å²) in [6, 6.07) is 29.6. The zero-order valence-electron chi connectivity index (χ0n) is 24.8. The van der Waals surface area contributed by atoms with E-state index in [4.69, 9.17) is 14.6 Å². The van der Waals surface area contributed by atoms with Crippen molar-refractivity contribution in [3.63, 3.8) is 0 Å². The quantitative estimate of drug-likeness (QED) is 0.115. The van der Waals surface area contributed by atoms with Crippen LogP contribution >= 0.6 is 0 Å². The molecule has 4 rings (SSSR count). The van der Waals surface area contributed by atoms with Crippen LogP contribution in [0.4, 0.5) is 0 Å².